The second kappa shape index (κ2) is 7.81. The van der Waals surface area contributed by atoms with Gasteiger partial charge in [0.1, 0.15) is 0 Å². The van der Waals surface area contributed by atoms with Gasteiger partial charge in [-0.15, -0.1) is 0 Å². The molecule has 2 aliphatic heterocycles. The van der Waals surface area contributed by atoms with Crippen LogP contribution in [0.4, 0.5) is 0 Å². The van der Waals surface area contributed by atoms with Crippen molar-refractivity contribution >= 4 is 5.91 Å². The van der Waals surface area contributed by atoms with Gasteiger partial charge in [-0.3, -0.25) is 20.6 Å². The zero-order valence-electron chi connectivity index (χ0n) is 14.7. The lowest BCUT2D eigenvalue weighted by Gasteiger charge is -2.36. The molecular weight excluding hydrogens is 316 g/mol. The number of hydrogen-bond acceptors (Lipinski definition) is 5. The van der Waals surface area contributed by atoms with Crippen LogP contribution in [-0.2, 0) is 16.1 Å². The molecule has 0 radical (unpaired) electrons. The maximum atomic E-state index is 13.4. The van der Waals surface area contributed by atoms with E-state index < -0.39 is 0 Å². The molecule has 136 valence electrons. The van der Waals surface area contributed by atoms with Gasteiger partial charge in [-0.2, -0.15) is 0 Å². The van der Waals surface area contributed by atoms with E-state index in [2.05, 4.69) is 15.8 Å². The highest BCUT2D eigenvalue weighted by atomic mass is 16.5. The van der Waals surface area contributed by atoms with Gasteiger partial charge in [0.15, 0.2) is 0 Å². The molecule has 1 aromatic rings. The Morgan fingerprint density at radius 3 is 3.08 bits per heavy atom. The predicted molar refractivity (Wildman–Crippen MR) is 94.4 cm³/mol. The second-order valence-corrected chi connectivity index (χ2v) is 7.56. The Morgan fingerprint density at radius 1 is 1.32 bits per heavy atom. The molecule has 6 nitrogen and oxygen atoms in total. The average molecular weight is 344 g/mol. The third-order valence-electron chi connectivity index (χ3n) is 5.84. The fourth-order valence-electron chi connectivity index (χ4n) is 4.53. The number of rotatable bonds is 5. The normalized spacial score (nSPS) is 31.7. The summed E-state index contributed by atoms with van der Waals surface area (Å²) in [7, 11) is 0. The van der Waals surface area contributed by atoms with Crippen molar-refractivity contribution in [2.24, 2.45) is 11.8 Å². The SMILES string of the molecule is O=C(C1CCCC2CNNC21)N(Cc1cccnc1)CC1CCCO1. The van der Waals surface area contributed by atoms with Crippen LogP contribution in [0.2, 0.25) is 0 Å². The van der Waals surface area contributed by atoms with Crippen LogP contribution in [0.25, 0.3) is 0 Å². The lowest BCUT2D eigenvalue weighted by Crippen LogP contribution is -2.50. The van der Waals surface area contributed by atoms with Gasteiger partial charge >= 0.3 is 0 Å². The number of carbonyl (C=O) groups is 1. The molecule has 3 heterocycles. The van der Waals surface area contributed by atoms with E-state index in [0.29, 0.717) is 19.0 Å². The van der Waals surface area contributed by atoms with E-state index in [-0.39, 0.29) is 24.0 Å². The minimum absolute atomic E-state index is 0.0619. The van der Waals surface area contributed by atoms with Crippen LogP contribution in [0.1, 0.15) is 37.7 Å². The van der Waals surface area contributed by atoms with Crippen molar-refractivity contribution in [1.29, 1.82) is 0 Å². The van der Waals surface area contributed by atoms with E-state index in [9.17, 15) is 4.79 Å². The summed E-state index contributed by atoms with van der Waals surface area (Å²) >= 11 is 0. The summed E-state index contributed by atoms with van der Waals surface area (Å²) in [6.07, 6.45) is 9.28. The number of aromatic nitrogens is 1. The Bertz CT molecular complexity index is 576. The van der Waals surface area contributed by atoms with Gasteiger partial charge in [-0.25, -0.2) is 0 Å². The van der Waals surface area contributed by atoms with Crippen LogP contribution >= 0.6 is 0 Å². The third kappa shape index (κ3) is 3.86. The summed E-state index contributed by atoms with van der Waals surface area (Å²) in [4.78, 5) is 19.6. The minimum Gasteiger partial charge on any atom is -0.376 e. The predicted octanol–water partition coefficient (Wildman–Crippen LogP) is 1.48. The highest BCUT2D eigenvalue weighted by molar-refractivity contribution is 5.80. The number of fused-ring (bicyclic) bond motifs is 1. The van der Waals surface area contributed by atoms with E-state index in [1.165, 1.54) is 6.42 Å². The van der Waals surface area contributed by atoms with Crippen molar-refractivity contribution in [3.05, 3.63) is 30.1 Å². The number of carbonyl (C=O) groups excluding carboxylic acids is 1. The molecule has 1 amide bonds. The number of nitrogens with one attached hydrogen (secondary N) is 2. The third-order valence-corrected chi connectivity index (χ3v) is 5.84. The first-order chi connectivity index (χ1) is 12.3. The number of hydrazine groups is 1. The van der Waals surface area contributed by atoms with Gasteiger partial charge < -0.3 is 9.64 Å². The van der Waals surface area contributed by atoms with Crippen LogP contribution in [0.5, 0.6) is 0 Å². The summed E-state index contributed by atoms with van der Waals surface area (Å²) in [5, 5.41) is 0. The van der Waals surface area contributed by atoms with Crippen molar-refractivity contribution in [3.8, 4) is 0 Å². The number of amides is 1. The Labute approximate surface area is 149 Å². The van der Waals surface area contributed by atoms with Crippen molar-refractivity contribution in [2.75, 3.05) is 19.7 Å². The number of hydrogen-bond donors (Lipinski definition) is 2. The minimum atomic E-state index is 0.0619. The largest absolute Gasteiger partial charge is 0.376 e. The first kappa shape index (κ1) is 16.9. The van der Waals surface area contributed by atoms with Crippen LogP contribution < -0.4 is 10.9 Å². The van der Waals surface area contributed by atoms with Gasteiger partial charge in [-0.1, -0.05) is 12.5 Å². The summed E-state index contributed by atoms with van der Waals surface area (Å²) in [5.74, 6) is 0.905. The summed E-state index contributed by atoms with van der Waals surface area (Å²) < 4.78 is 5.81. The quantitative estimate of drug-likeness (QED) is 0.847. The molecule has 6 heteroatoms. The molecule has 1 aliphatic carbocycles. The van der Waals surface area contributed by atoms with Crippen LogP contribution in [0.3, 0.4) is 0 Å². The first-order valence-corrected chi connectivity index (χ1v) is 9.59. The molecule has 1 aromatic heterocycles. The van der Waals surface area contributed by atoms with Crippen molar-refractivity contribution in [2.45, 2.75) is 50.8 Å². The van der Waals surface area contributed by atoms with Crippen molar-refractivity contribution < 1.29 is 9.53 Å². The standard InChI is InChI=1S/C19H28N4O2/c24-19(17-7-1-5-15-11-21-22-18(15)17)23(13-16-6-3-9-25-16)12-14-4-2-8-20-10-14/h2,4,8,10,15-18,21-22H,1,3,5-7,9,11-13H2. The van der Waals surface area contributed by atoms with Gasteiger partial charge in [0, 0.05) is 44.7 Å². The topological polar surface area (TPSA) is 66.5 Å². The summed E-state index contributed by atoms with van der Waals surface area (Å²) in [5.41, 5.74) is 7.70. The molecule has 0 spiro atoms. The molecule has 4 atom stereocenters. The van der Waals surface area contributed by atoms with E-state index in [4.69, 9.17) is 4.74 Å². The number of nitrogens with zero attached hydrogens (tertiary/aromatic N) is 2. The summed E-state index contributed by atoms with van der Waals surface area (Å²) in [6, 6.07) is 4.24. The van der Waals surface area contributed by atoms with Crippen LogP contribution in [-0.4, -0.2) is 47.6 Å². The van der Waals surface area contributed by atoms with E-state index >= 15 is 0 Å². The van der Waals surface area contributed by atoms with Crippen molar-refractivity contribution in [1.82, 2.24) is 20.7 Å². The molecule has 25 heavy (non-hydrogen) atoms. The highest BCUT2D eigenvalue weighted by Gasteiger charge is 2.42. The molecular formula is C19H28N4O2. The zero-order valence-corrected chi connectivity index (χ0v) is 14.7. The smallest absolute Gasteiger partial charge is 0.227 e. The molecule has 2 N–H and O–H groups in total. The summed E-state index contributed by atoms with van der Waals surface area (Å²) in [6.45, 7) is 3.10. The maximum Gasteiger partial charge on any atom is 0.227 e. The molecule has 4 rings (SSSR count). The molecule has 3 fully saturated rings. The van der Waals surface area contributed by atoms with Gasteiger partial charge in [0.05, 0.1) is 12.0 Å². The monoisotopic (exact) mass is 344 g/mol. The lowest BCUT2D eigenvalue weighted by molar-refractivity contribution is -0.140. The van der Waals surface area contributed by atoms with Gasteiger partial charge in [-0.05, 0) is 43.2 Å². The van der Waals surface area contributed by atoms with E-state index in [0.717, 1.165) is 44.4 Å². The molecule has 0 bridgehead atoms. The fourth-order valence-corrected chi connectivity index (χ4v) is 4.53. The maximum absolute atomic E-state index is 13.4. The molecule has 2 saturated heterocycles. The molecule has 0 aromatic carbocycles. The first-order valence-electron chi connectivity index (χ1n) is 9.59. The zero-order chi connectivity index (χ0) is 17.1. The van der Waals surface area contributed by atoms with Crippen molar-refractivity contribution in [3.63, 3.8) is 0 Å². The molecule has 3 aliphatic rings. The Kier molecular flexibility index (Phi) is 5.29. The van der Waals surface area contributed by atoms with Crippen LogP contribution in [0, 0.1) is 11.8 Å². The van der Waals surface area contributed by atoms with E-state index in [1.807, 2.05) is 23.2 Å². The van der Waals surface area contributed by atoms with Gasteiger partial charge in [0.2, 0.25) is 5.91 Å². The highest BCUT2D eigenvalue weighted by Crippen LogP contribution is 2.33. The second-order valence-electron chi connectivity index (χ2n) is 7.56. The average Bonchev–Trinajstić information content (AvgIpc) is 3.32. The van der Waals surface area contributed by atoms with Crippen LogP contribution in [0.15, 0.2) is 24.5 Å². The number of pyridine rings is 1. The van der Waals surface area contributed by atoms with E-state index in [1.54, 1.807) is 6.20 Å². The number of ether oxygens (including phenoxy) is 1. The fraction of sp³-hybridized carbons (Fsp3) is 0.684. The Balaban J connectivity index is 1.50. The molecule has 4 unspecified atom stereocenters. The Hall–Kier alpha value is -1.50. The molecule has 1 saturated carbocycles. The lowest BCUT2D eigenvalue weighted by atomic mass is 9.77. The Morgan fingerprint density at radius 2 is 2.28 bits per heavy atom. The van der Waals surface area contributed by atoms with Gasteiger partial charge in [0.25, 0.3) is 0 Å².